The third-order valence-electron chi connectivity index (χ3n) is 6.35. The number of benzene rings is 1. The molecule has 1 aromatic carbocycles. The van der Waals surface area contributed by atoms with E-state index in [0.717, 1.165) is 37.7 Å². The Kier molecular flexibility index (Phi) is 6.93. The Morgan fingerprint density at radius 2 is 1.96 bits per heavy atom. The zero-order valence-electron chi connectivity index (χ0n) is 16.4. The number of ketones is 1. The van der Waals surface area contributed by atoms with Gasteiger partial charge in [-0.15, -0.1) is 0 Å². The fourth-order valence-electron chi connectivity index (χ4n) is 4.92. The molecule has 2 aliphatic carbocycles. The molecule has 1 saturated carbocycles. The van der Waals surface area contributed by atoms with Gasteiger partial charge in [-0.25, -0.2) is 0 Å². The predicted molar refractivity (Wildman–Crippen MR) is 111 cm³/mol. The lowest BCUT2D eigenvalue weighted by Gasteiger charge is -2.34. The third-order valence-corrected chi connectivity index (χ3v) is 7.20. The molecule has 0 aromatic heterocycles. The molecular formula is C22H28Cl2O4. The maximum absolute atomic E-state index is 13.6. The molecule has 6 heteroatoms. The van der Waals surface area contributed by atoms with Gasteiger partial charge in [0, 0.05) is 17.4 Å². The van der Waals surface area contributed by atoms with Crippen molar-refractivity contribution in [3.63, 3.8) is 0 Å². The molecule has 2 aliphatic rings. The van der Waals surface area contributed by atoms with E-state index >= 15 is 0 Å². The van der Waals surface area contributed by atoms with Gasteiger partial charge >= 0.3 is 5.97 Å². The van der Waals surface area contributed by atoms with Crippen LogP contribution in [0.25, 0.3) is 0 Å². The van der Waals surface area contributed by atoms with Crippen molar-refractivity contribution >= 4 is 35.0 Å². The number of rotatable bonds is 9. The van der Waals surface area contributed by atoms with E-state index in [-0.39, 0.29) is 34.3 Å². The second-order valence-corrected chi connectivity index (χ2v) is 8.89. The van der Waals surface area contributed by atoms with Crippen LogP contribution in [0.15, 0.2) is 6.07 Å². The van der Waals surface area contributed by atoms with Crippen LogP contribution in [0.2, 0.25) is 10.0 Å². The van der Waals surface area contributed by atoms with E-state index in [0.29, 0.717) is 30.1 Å². The number of hydrogen-bond acceptors (Lipinski definition) is 3. The molecule has 154 valence electrons. The molecule has 1 N–H and O–H groups in total. The highest BCUT2D eigenvalue weighted by Crippen LogP contribution is 2.54. The average molecular weight is 427 g/mol. The Bertz CT molecular complexity index is 755. The summed E-state index contributed by atoms with van der Waals surface area (Å²) in [5, 5.41) is 9.29. The van der Waals surface area contributed by atoms with Crippen molar-refractivity contribution < 1.29 is 19.4 Å². The number of carboxylic acid groups (broad SMARTS) is 1. The number of carbonyl (C=O) groups is 2. The Labute approximate surface area is 176 Å². The summed E-state index contributed by atoms with van der Waals surface area (Å²) in [6.07, 6.45) is 8.70. The first-order valence-electron chi connectivity index (χ1n) is 10.3. The smallest absolute Gasteiger partial charge is 0.303 e. The molecule has 0 saturated heterocycles. The van der Waals surface area contributed by atoms with Crippen molar-refractivity contribution in [2.45, 2.75) is 71.1 Å². The Hall–Kier alpha value is -1.26. The van der Waals surface area contributed by atoms with Gasteiger partial charge in [-0.2, -0.15) is 0 Å². The number of hydrogen-bond donors (Lipinski definition) is 1. The summed E-state index contributed by atoms with van der Waals surface area (Å²) in [7, 11) is 0. The molecule has 4 nitrogen and oxygen atoms in total. The largest absolute Gasteiger partial charge is 0.492 e. The Morgan fingerprint density at radius 1 is 1.25 bits per heavy atom. The fourth-order valence-corrected chi connectivity index (χ4v) is 5.43. The van der Waals surface area contributed by atoms with Crippen LogP contribution >= 0.6 is 23.2 Å². The molecule has 3 rings (SSSR count). The van der Waals surface area contributed by atoms with E-state index in [1.54, 1.807) is 0 Å². The second kappa shape index (κ2) is 9.04. The first-order chi connectivity index (χ1) is 13.4. The van der Waals surface area contributed by atoms with Crippen molar-refractivity contribution in [2.24, 2.45) is 11.3 Å². The number of carboxylic acids is 1. The number of unbranched alkanes of at least 4 members (excludes halogenated alkanes) is 1. The van der Waals surface area contributed by atoms with Crippen LogP contribution in [0, 0.1) is 11.3 Å². The highest BCUT2D eigenvalue weighted by molar-refractivity contribution is 6.45. The van der Waals surface area contributed by atoms with Crippen LogP contribution in [0.3, 0.4) is 0 Å². The molecule has 28 heavy (non-hydrogen) atoms. The Morgan fingerprint density at radius 3 is 2.61 bits per heavy atom. The zero-order valence-corrected chi connectivity index (χ0v) is 17.9. The summed E-state index contributed by atoms with van der Waals surface area (Å²) in [5.74, 6) is 0.159. The van der Waals surface area contributed by atoms with Crippen molar-refractivity contribution in [3.8, 4) is 5.75 Å². The highest BCUT2D eigenvalue weighted by atomic mass is 35.5. The zero-order chi connectivity index (χ0) is 20.3. The average Bonchev–Trinajstić information content (AvgIpc) is 3.28. The summed E-state index contributed by atoms with van der Waals surface area (Å²) < 4.78 is 5.71. The topological polar surface area (TPSA) is 63.6 Å². The fraction of sp³-hybridized carbons (Fsp3) is 0.636. The number of halogens is 2. The number of Topliss-reactive ketones (excluding diaryl/α,β-unsaturated/α-hetero) is 1. The van der Waals surface area contributed by atoms with Crippen LogP contribution in [0.5, 0.6) is 5.75 Å². The number of aliphatic carboxylic acids is 1. The van der Waals surface area contributed by atoms with Crippen LogP contribution < -0.4 is 4.74 Å². The monoisotopic (exact) mass is 426 g/mol. The number of ether oxygens (including phenoxy) is 1. The van der Waals surface area contributed by atoms with Gasteiger partial charge in [-0.05, 0) is 49.7 Å². The van der Waals surface area contributed by atoms with E-state index < -0.39 is 5.97 Å². The summed E-state index contributed by atoms with van der Waals surface area (Å²) in [6.45, 7) is 2.40. The molecule has 0 amide bonds. The molecule has 0 aliphatic heterocycles. The summed E-state index contributed by atoms with van der Waals surface area (Å²) in [6, 6.07) is 1.85. The molecule has 0 bridgehead atoms. The molecule has 1 aromatic rings. The molecule has 0 heterocycles. The quantitative estimate of drug-likeness (QED) is 0.467. The van der Waals surface area contributed by atoms with Crippen LogP contribution in [0.1, 0.15) is 80.6 Å². The first kappa shape index (κ1) is 21.4. The molecule has 0 radical (unpaired) electrons. The van der Waals surface area contributed by atoms with Gasteiger partial charge < -0.3 is 9.84 Å². The van der Waals surface area contributed by atoms with Gasteiger partial charge in [0.15, 0.2) is 5.78 Å². The van der Waals surface area contributed by atoms with Gasteiger partial charge in [-0.3, -0.25) is 9.59 Å². The minimum Gasteiger partial charge on any atom is -0.492 e. The van der Waals surface area contributed by atoms with Gasteiger partial charge in [0.05, 0.1) is 11.6 Å². The molecule has 0 spiro atoms. The van der Waals surface area contributed by atoms with E-state index in [1.165, 1.54) is 12.8 Å². The summed E-state index contributed by atoms with van der Waals surface area (Å²) in [5.41, 5.74) is 1.15. The molecule has 1 fully saturated rings. The summed E-state index contributed by atoms with van der Waals surface area (Å²) in [4.78, 5) is 24.2. The normalized spacial score (nSPS) is 21.9. The van der Waals surface area contributed by atoms with E-state index in [9.17, 15) is 9.59 Å². The van der Waals surface area contributed by atoms with Crippen molar-refractivity contribution in [1.29, 1.82) is 0 Å². The van der Waals surface area contributed by atoms with Crippen LogP contribution in [-0.2, 0) is 11.2 Å². The highest BCUT2D eigenvalue weighted by Gasteiger charge is 2.51. The van der Waals surface area contributed by atoms with Crippen molar-refractivity contribution in [1.82, 2.24) is 0 Å². The maximum Gasteiger partial charge on any atom is 0.303 e. The minimum atomic E-state index is -0.857. The number of carbonyl (C=O) groups excluding carboxylic acids is 1. The van der Waals surface area contributed by atoms with Crippen LogP contribution in [0.4, 0.5) is 0 Å². The third kappa shape index (κ3) is 4.04. The second-order valence-electron chi connectivity index (χ2n) is 8.13. The molecule has 1 atom stereocenters. The van der Waals surface area contributed by atoms with Gasteiger partial charge in [0.2, 0.25) is 0 Å². The first-order valence-corrected chi connectivity index (χ1v) is 11.1. The predicted octanol–water partition coefficient (Wildman–Crippen LogP) is 6.34. The van der Waals surface area contributed by atoms with Crippen molar-refractivity contribution in [2.75, 3.05) is 6.61 Å². The van der Waals surface area contributed by atoms with Gasteiger partial charge in [0.25, 0.3) is 0 Å². The van der Waals surface area contributed by atoms with Gasteiger partial charge in [-0.1, -0.05) is 55.8 Å². The molecule has 1 unspecified atom stereocenters. The standard InChI is InChI=1S/C22H28Cl2O4/c1-2-3-10-22(15-7-4-5-8-15)13-14-12-16(28-11-6-9-17(25)26)19(23)20(24)18(14)21(22)27/h12,15H,2-11,13H2,1H3,(H,25,26). The lowest BCUT2D eigenvalue weighted by Crippen LogP contribution is -2.35. The van der Waals surface area contributed by atoms with E-state index in [1.807, 2.05) is 6.07 Å². The molecular weight excluding hydrogens is 399 g/mol. The lowest BCUT2D eigenvalue weighted by atomic mass is 9.68. The number of fused-ring (bicyclic) bond motifs is 1. The van der Waals surface area contributed by atoms with E-state index in [2.05, 4.69) is 6.92 Å². The van der Waals surface area contributed by atoms with E-state index in [4.69, 9.17) is 33.0 Å². The Balaban J connectivity index is 1.88. The minimum absolute atomic E-state index is 0.0383. The van der Waals surface area contributed by atoms with Gasteiger partial charge in [0.1, 0.15) is 10.8 Å². The lowest BCUT2D eigenvalue weighted by molar-refractivity contribution is -0.137. The summed E-state index contributed by atoms with van der Waals surface area (Å²) >= 11 is 13.0. The van der Waals surface area contributed by atoms with Crippen LogP contribution in [-0.4, -0.2) is 23.5 Å². The maximum atomic E-state index is 13.6. The SMILES string of the molecule is CCCCC1(C2CCCC2)Cc2cc(OCCCC(=O)O)c(Cl)c(Cl)c2C1=O. The van der Waals surface area contributed by atoms with Crippen molar-refractivity contribution in [3.05, 3.63) is 27.2 Å².